The molecule has 1 amide bonds. The molecule has 3 heterocycles. The zero-order chi connectivity index (χ0) is 19.7. The van der Waals surface area contributed by atoms with Gasteiger partial charge in [0.25, 0.3) is 0 Å². The average Bonchev–Trinajstić information content (AvgIpc) is 3.38. The Balaban J connectivity index is 1.38. The van der Waals surface area contributed by atoms with Gasteiger partial charge in [0.1, 0.15) is 11.6 Å². The van der Waals surface area contributed by atoms with Crippen molar-refractivity contribution in [2.45, 2.75) is 77.3 Å². The van der Waals surface area contributed by atoms with Crippen molar-refractivity contribution in [3.8, 4) is 0 Å². The summed E-state index contributed by atoms with van der Waals surface area (Å²) >= 11 is 0. The molecule has 0 spiro atoms. The predicted molar refractivity (Wildman–Crippen MR) is 112 cm³/mol. The van der Waals surface area contributed by atoms with E-state index in [0.717, 1.165) is 56.5 Å². The molecule has 3 aliphatic rings. The molecule has 0 N–H and O–H groups in total. The van der Waals surface area contributed by atoms with Crippen molar-refractivity contribution in [3.05, 3.63) is 17.6 Å². The Kier molecular flexibility index (Phi) is 5.85. The highest BCUT2D eigenvalue weighted by Crippen LogP contribution is 2.31. The van der Waals surface area contributed by atoms with Crippen molar-refractivity contribution < 1.29 is 4.79 Å². The first-order chi connectivity index (χ1) is 13.5. The van der Waals surface area contributed by atoms with Crippen molar-refractivity contribution in [2.24, 2.45) is 0 Å². The van der Waals surface area contributed by atoms with Gasteiger partial charge in [-0.15, -0.1) is 0 Å². The summed E-state index contributed by atoms with van der Waals surface area (Å²) in [6, 6.07) is 2.85. The van der Waals surface area contributed by atoms with Crippen LogP contribution in [0.25, 0.3) is 0 Å². The van der Waals surface area contributed by atoms with Crippen molar-refractivity contribution in [3.63, 3.8) is 0 Å². The molecule has 1 aromatic heterocycles. The van der Waals surface area contributed by atoms with E-state index in [-0.39, 0.29) is 6.04 Å². The van der Waals surface area contributed by atoms with Crippen molar-refractivity contribution in [1.82, 2.24) is 19.8 Å². The van der Waals surface area contributed by atoms with E-state index in [4.69, 9.17) is 4.98 Å². The fourth-order valence-electron chi connectivity index (χ4n) is 5.09. The van der Waals surface area contributed by atoms with Gasteiger partial charge in [0, 0.05) is 49.9 Å². The minimum absolute atomic E-state index is 0.128. The second-order valence-corrected chi connectivity index (χ2v) is 9.03. The lowest BCUT2D eigenvalue weighted by Crippen LogP contribution is -2.55. The van der Waals surface area contributed by atoms with Gasteiger partial charge in [-0.25, -0.2) is 9.97 Å². The highest BCUT2D eigenvalue weighted by atomic mass is 16.2. The van der Waals surface area contributed by atoms with Gasteiger partial charge in [0.05, 0.1) is 6.04 Å². The van der Waals surface area contributed by atoms with Gasteiger partial charge in [-0.1, -0.05) is 26.7 Å². The Morgan fingerprint density at radius 1 is 1.00 bits per heavy atom. The van der Waals surface area contributed by atoms with Crippen LogP contribution in [0.15, 0.2) is 6.07 Å². The molecule has 1 unspecified atom stereocenters. The summed E-state index contributed by atoms with van der Waals surface area (Å²) in [5, 5.41) is 0. The monoisotopic (exact) mass is 385 g/mol. The second-order valence-electron chi connectivity index (χ2n) is 9.03. The van der Waals surface area contributed by atoms with E-state index in [1.807, 2.05) is 6.92 Å². The lowest BCUT2D eigenvalue weighted by molar-refractivity contribution is -0.137. The normalized spacial score (nSPS) is 24.5. The number of piperazine rings is 1. The molecule has 0 aromatic carbocycles. The fraction of sp³-hybridized carbons (Fsp3) is 0.773. The summed E-state index contributed by atoms with van der Waals surface area (Å²) in [7, 11) is 0. The third-order valence-corrected chi connectivity index (χ3v) is 6.66. The van der Waals surface area contributed by atoms with E-state index >= 15 is 0 Å². The zero-order valence-electron chi connectivity index (χ0n) is 17.7. The molecule has 6 heteroatoms. The predicted octanol–water partition coefficient (Wildman–Crippen LogP) is 2.96. The number of rotatable bonds is 4. The number of likely N-dealkylation sites (tertiary alicyclic amines) is 1. The number of hydrogen-bond donors (Lipinski definition) is 0. The van der Waals surface area contributed by atoms with Crippen molar-refractivity contribution >= 4 is 11.7 Å². The molecule has 6 nitrogen and oxygen atoms in total. The largest absolute Gasteiger partial charge is 0.353 e. The molecule has 2 aliphatic heterocycles. The number of aromatic nitrogens is 2. The number of carbonyl (C=O) groups excluding carboxylic acids is 1. The number of aryl methyl sites for hydroxylation is 1. The maximum Gasteiger partial charge on any atom is 0.240 e. The van der Waals surface area contributed by atoms with Gasteiger partial charge in [-0.05, 0) is 39.2 Å². The molecule has 0 bridgehead atoms. The second kappa shape index (κ2) is 8.36. The molecule has 1 aliphatic carbocycles. The Bertz CT molecular complexity index is 692. The summed E-state index contributed by atoms with van der Waals surface area (Å²) in [6.45, 7) is 10.7. The first kappa shape index (κ1) is 19.6. The Morgan fingerprint density at radius 3 is 2.39 bits per heavy atom. The Hall–Kier alpha value is -1.69. The SMILES string of the molecule is Cc1cc(N2CCN(C(=O)C3CCCN3C3CCCC3)CC2)nc(C(C)C)n1. The first-order valence-electron chi connectivity index (χ1n) is 11.2. The van der Waals surface area contributed by atoms with Crippen LogP contribution in [0.4, 0.5) is 5.82 Å². The summed E-state index contributed by atoms with van der Waals surface area (Å²) in [5.41, 5.74) is 1.02. The molecular formula is C22H35N5O. The van der Waals surface area contributed by atoms with Gasteiger partial charge < -0.3 is 9.80 Å². The maximum absolute atomic E-state index is 13.2. The topological polar surface area (TPSA) is 52.6 Å². The Morgan fingerprint density at radius 2 is 1.71 bits per heavy atom. The molecule has 154 valence electrons. The standard InChI is InChI=1S/C22H35N5O/c1-16(2)21-23-17(3)15-20(24-21)25-11-13-26(14-12-25)22(28)19-9-6-10-27(19)18-7-4-5-8-18/h15-16,18-19H,4-14H2,1-3H3. The van der Waals surface area contributed by atoms with Gasteiger partial charge in [0.2, 0.25) is 5.91 Å². The van der Waals surface area contributed by atoms with E-state index < -0.39 is 0 Å². The van der Waals surface area contributed by atoms with Crippen LogP contribution in [0, 0.1) is 6.92 Å². The minimum Gasteiger partial charge on any atom is -0.353 e. The van der Waals surface area contributed by atoms with Gasteiger partial charge in [-0.2, -0.15) is 0 Å². The van der Waals surface area contributed by atoms with E-state index in [1.54, 1.807) is 0 Å². The number of carbonyl (C=O) groups is 1. The number of amides is 1. The van der Waals surface area contributed by atoms with E-state index in [1.165, 1.54) is 32.1 Å². The molecule has 1 aromatic rings. The van der Waals surface area contributed by atoms with Crippen LogP contribution in [-0.4, -0.2) is 70.5 Å². The lowest BCUT2D eigenvalue weighted by Gasteiger charge is -2.39. The van der Waals surface area contributed by atoms with Crippen LogP contribution in [0.3, 0.4) is 0 Å². The van der Waals surface area contributed by atoms with Gasteiger partial charge in [0.15, 0.2) is 0 Å². The number of nitrogens with zero attached hydrogens (tertiary/aromatic N) is 5. The summed E-state index contributed by atoms with van der Waals surface area (Å²) in [5.74, 6) is 2.61. The number of anilines is 1. The van der Waals surface area contributed by atoms with Crippen molar-refractivity contribution in [1.29, 1.82) is 0 Å². The lowest BCUT2D eigenvalue weighted by atomic mass is 10.1. The fourth-order valence-corrected chi connectivity index (χ4v) is 5.09. The van der Waals surface area contributed by atoms with Crippen LogP contribution in [-0.2, 0) is 4.79 Å². The van der Waals surface area contributed by atoms with Crippen LogP contribution in [0.1, 0.15) is 69.8 Å². The maximum atomic E-state index is 13.2. The molecule has 1 saturated carbocycles. The highest BCUT2D eigenvalue weighted by molar-refractivity contribution is 5.82. The zero-order valence-corrected chi connectivity index (χ0v) is 17.7. The average molecular weight is 386 g/mol. The number of hydrogen-bond acceptors (Lipinski definition) is 5. The molecular weight excluding hydrogens is 350 g/mol. The van der Waals surface area contributed by atoms with E-state index in [9.17, 15) is 4.79 Å². The smallest absolute Gasteiger partial charge is 0.240 e. The Labute approximate surface area is 169 Å². The van der Waals surface area contributed by atoms with Crippen molar-refractivity contribution in [2.75, 3.05) is 37.6 Å². The quantitative estimate of drug-likeness (QED) is 0.798. The molecule has 1 atom stereocenters. The van der Waals surface area contributed by atoms with Crippen LogP contribution in [0.5, 0.6) is 0 Å². The molecule has 2 saturated heterocycles. The third kappa shape index (κ3) is 4.02. The molecule has 4 rings (SSSR count). The van der Waals surface area contributed by atoms with E-state index in [2.05, 4.69) is 39.6 Å². The summed E-state index contributed by atoms with van der Waals surface area (Å²) in [6.07, 6.45) is 7.43. The summed E-state index contributed by atoms with van der Waals surface area (Å²) < 4.78 is 0. The van der Waals surface area contributed by atoms with E-state index in [0.29, 0.717) is 17.9 Å². The van der Waals surface area contributed by atoms with Gasteiger partial charge >= 0.3 is 0 Å². The highest BCUT2D eigenvalue weighted by Gasteiger charge is 2.39. The molecule has 28 heavy (non-hydrogen) atoms. The van der Waals surface area contributed by atoms with Crippen LogP contribution >= 0.6 is 0 Å². The third-order valence-electron chi connectivity index (χ3n) is 6.66. The molecule has 3 fully saturated rings. The minimum atomic E-state index is 0.128. The van der Waals surface area contributed by atoms with Crippen LogP contribution in [0.2, 0.25) is 0 Å². The van der Waals surface area contributed by atoms with Crippen LogP contribution < -0.4 is 4.90 Å². The van der Waals surface area contributed by atoms with Gasteiger partial charge in [-0.3, -0.25) is 9.69 Å². The summed E-state index contributed by atoms with van der Waals surface area (Å²) in [4.78, 5) is 29.5. The first-order valence-corrected chi connectivity index (χ1v) is 11.2. The molecule has 0 radical (unpaired) electrons.